The van der Waals surface area contributed by atoms with Gasteiger partial charge in [-0.3, -0.25) is 19.4 Å². The van der Waals surface area contributed by atoms with Gasteiger partial charge < -0.3 is 10.6 Å². The molecular weight excluding hydrogens is 342 g/mol. The first-order chi connectivity index (χ1) is 12.1. The summed E-state index contributed by atoms with van der Waals surface area (Å²) in [6, 6.07) is 2.91. The summed E-state index contributed by atoms with van der Waals surface area (Å²) in [5.41, 5.74) is -0.155. The first-order valence-corrected chi connectivity index (χ1v) is 8.62. The van der Waals surface area contributed by atoms with E-state index in [1.54, 1.807) is 0 Å². The van der Waals surface area contributed by atoms with Crippen LogP contribution in [0.3, 0.4) is 0 Å². The van der Waals surface area contributed by atoms with Crippen molar-refractivity contribution in [3.05, 3.63) is 29.8 Å². The van der Waals surface area contributed by atoms with E-state index in [1.165, 1.54) is 0 Å². The number of nitrogens with zero attached hydrogens (tertiary/aromatic N) is 2. The standard InChI is InChI=1S/C18H26F2N4O2/c1-18(2,3)22-17(26)12-24-6-4-23(5-7-24)11-16(25)21-15-9-13(19)8-14(20)10-15/h8-10H,4-7,11-12H2,1-3H3,(H,21,25)(H,22,26). The van der Waals surface area contributed by atoms with Crippen LogP contribution < -0.4 is 10.6 Å². The molecule has 1 aromatic rings. The molecule has 1 aliphatic rings. The minimum absolute atomic E-state index is 0.0168. The minimum atomic E-state index is -0.734. The molecule has 1 aromatic carbocycles. The summed E-state index contributed by atoms with van der Waals surface area (Å²) in [6.07, 6.45) is 0. The Labute approximate surface area is 152 Å². The molecule has 0 spiro atoms. The van der Waals surface area contributed by atoms with Gasteiger partial charge in [-0.2, -0.15) is 0 Å². The summed E-state index contributed by atoms with van der Waals surface area (Å²) in [5.74, 6) is -1.81. The molecule has 0 aliphatic carbocycles. The number of rotatable bonds is 5. The summed E-state index contributed by atoms with van der Waals surface area (Å²) in [4.78, 5) is 28.0. The van der Waals surface area contributed by atoms with E-state index < -0.39 is 11.6 Å². The molecule has 2 rings (SSSR count). The van der Waals surface area contributed by atoms with Crippen molar-refractivity contribution in [1.82, 2.24) is 15.1 Å². The molecule has 1 heterocycles. The van der Waals surface area contributed by atoms with Crippen molar-refractivity contribution in [1.29, 1.82) is 0 Å². The van der Waals surface area contributed by atoms with Gasteiger partial charge in [-0.15, -0.1) is 0 Å². The van der Waals surface area contributed by atoms with E-state index in [0.717, 1.165) is 18.2 Å². The van der Waals surface area contributed by atoms with Gasteiger partial charge in [0.1, 0.15) is 11.6 Å². The minimum Gasteiger partial charge on any atom is -0.350 e. The molecule has 144 valence electrons. The largest absolute Gasteiger partial charge is 0.350 e. The summed E-state index contributed by atoms with van der Waals surface area (Å²) in [7, 11) is 0. The van der Waals surface area contributed by atoms with Crippen LogP contribution in [0.4, 0.5) is 14.5 Å². The number of piperazine rings is 1. The lowest BCUT2D eigenvalue weighted by Crippen LogP contribution is -2.52. The Balaban J connectivity index is 1.74. The Bertz CT molecular complexity index is 633. The van der Waals surface area contributed by atoms with Crippen LogP contribution >= 0.6 is 0 Å². The Morgan fingerprint density at radius 2 is 1.38 bits per heavy atom. The first-order valence-electron chi connectivity index (χ1n) is 8.62. The maximum absolute atomic E-state index is 13.1. The van der Waals surface area contributed by atoms with Crippen LogP contribution in [-0.4, -0.2) is 66.4 Å². The quantitative estimate of drug-likeness (QED) is 0.826. The molecular formula is C18H26F2N4O2. The number of carbonyl (C=O) groups excluding carboxylic acids is 2. The molecule has 0 bridgehead atoms. The lowest BCUT2D eigenvalue weighted by Gasteiger charge is -2.34. The van der Waals surface area contributed by atoms with Crippen LogP contribution in [0.2, 0.25) is 0 Å². The first kappa shape index (κ1) is 20.3. The molecule has 2 N–H and O–H groups in total. The molecule has 1 saturated heterocycles. The molecule has 26 heavy (non-hydrogen) atoms. The highest BCUT2D eigenvalue weighted by molar-refractivity contribution is 5.92. The summed E-state index contributed by atoms with van der Waals surface area (Å²) >= 11 is 0. The lowest BCUT2D eigenvalue weighted by molar-refractivity contribution is -0.124. The highest BCUT2D eigenvalue weighted by Crippen LogP contribution is 2.13. The summed E-state index contributed by atoms with van der Waals surface area (Å²) in [5, 5.41) is 5.43. The second-order valence-electron chi connectivity index (χ2n) is 7.56. The van der Waals surface area contributed by atoms with Crippen LogP contribution in [0.5, 0.6) is 0 Å². The van der Waals surface area contributed by atoms with Crippen LogP contribution in [0, 0.1) is 11.6 Å². The fourth-order valence-electron chi connectivity index (χ4n) is 2.80. The number of benzene rings is 1. The summed E-state index contributed by atoms with van der Waals surface area (Å²) < 4.78 is 26.3. The number of carbonyl (C=O) groups is 2. The van der Waals surface area contributed by atoms with Gasteiger partial charge >= 0.3 is 0 Å². The monoisotopic (exact) mass is 368 g/mol. The highest BCUT2D eigenvalue weighted by atomic mass is 19.1. The maximum Gasteiger partial charge on any atom is 0.238 e. The third kappa shape index (κ3) is 7.05. The molecule has 6 nitrogen and oxygen atoms in total. The zero-order chi connectivity index (χ0) is 19.3. The van der Waals surface area contributed by atoms with Crippen LogP contribution in [0.1, 0.15) is 20.8 Å². The molecule has 0 atom stereocenters. The van der Waals surface area contributed by atoms with Gasteiger partial charge in [-0.1, -0.05) is 0 Å². The molecule has 0 radical (unpaired) electrons. The zero-order valence-corrected chi connectivity index (χ0v) is 15.4. The van der Waals surface area contributed by atoms with Crippen molar-refractivity contribution < 1.29 is 18.4 Å². The van der Waals surface area contributed by atoms with Gasteiger partial charge in [0, 0.05) is 43.5 Å². The highest BCUT2D eigenvalue weighted by Gasteiger charge is 2.22. The fourth-order valence-corrected chi connectivity index (χ4v) is 2.80. The van der Waals surface area contributed by atoms with E-state index in [9.17, 15) is 18.4 Å². The van der Waals surface area contributed by atoms with Gasteiger partial charge in [-0.25, -0.2) is 8.78 Å². The lowest BCUT2D eigenvalue weighted by atomic mass is 10.1. The number of halogens is 2. The average molecular weight is 368 g/mol. The molecule has 1 fully saturated rings. The van der Waals surface area contributed by atoms with Crippen LogP contribution in [0.15, 0.2) is 18.2 Å². The second kappa shape index (κ2) is 8.55. The Hall–Kier alpha value is -2.06. The molecule has 1 aliphatic heterocycles. The molecule has 2 amide bonds. The van der Waals surface area contributed by atoms with Crippen molar-refractivity contribution in [3.8, 4) is 0 Å². The number of hydrogen-bond acceptors (Lipinski definition) is 4. The van der Waals surface area contributed by atoms with Gasteiger partial charge in [0.15, 0.2) is 0 Å². The summed E-state index contributed by atoms with van der Waals surface area (Å²) in [6.45, 7) is 8.93. The third-order valence-corrected chi connectivity index (χ3v) is 3.86. The number of anilines is 1. The smallest absolute Gasteiger partial charge is 0.238 e. The van der Waals surface area contributed by atoms with Crippen LogP contribution in [-0.2, 0) is 9.59 Å². The van der Waals surface area contributed by atoms with Gasteiger partial charge in [0.25, 0.3) is 0 Å². The molecule has 0 aromatic heterocycles. The predicted octanol–water partition coefficient (Wildman–Crippen LogP) is 1.44. The topological polar surface area (TPSA) is 64.7 Å². The van der Waals surface area contributed by atoms with Crippen molar-refractivity contribution in [3.63, 3.8) is 0 Å². The van der Waals surface area contributed by atoms with E-state index in [2.05, 4.69) is 10.6 Å². The second-order valence-corrected chi connectivity index (χ2v) is 7.56. The number of amides is 2. The van der Waals surface area contributed by atoms with E-state index in [4.69, 9.17) is 0 Å². The third-order valence-electron chi connectivity index (χ3n) is 3.86. The molecule has 0 unspecified atom stereocenters. The Kier molecular flexibility index (Phi) is 6.66. The molecule has 8 heteroatoms. The van der Waals surface area contributed by atoms with E-state index in [-0.39, 0.29) is 29.6 Å². The van der Waals surface area contributed by atoms with Crippen molar-refractivity contribution in [2.75, 3.05) is 44.6 Å². The number of hydrogen-bond donors (Lipinski definition) is 2. The van der Waals surface area contributed by atoms with Crippen molar-refractivity contribution >= 4 is 17.5 Å². The Morgan fingerprint density at radius 1 is 0.923 bits per heavy atom. The van der Waals surface area contributed by atoms with Gasteiger partial charge in [0.05, 0.1) is 13.1 Å². The van der Waals surface area contributed by atoms with Gasteiger partial charge in [-0.05, 0) is 32.9 Å². The predicted molar refractivity (Wildman–Crippen MR) is 95.8 cm³/mol. The van der Waals surface area contributed by atoms with Crippen molar-refractivity contribution in [2.45, 2.75) is 26.3 Å². The van der Waals surface area contributed by atoms with Crippen molar-refractivity contribution in [2.24, 2.45) is 0 Å². The average Bonchev–Trinajstić information content (AvgIpc) is 2.46. The zero-order valence-electron chi connectivity index (χ0n) is 15.4. The Morgan fingerprint density at radius 3 is 1.85 bits per heavy atom. The van der Waals surface area contributed by atoms with E-state index >= 15 is 0 Å². The van der Waals surface area contributed by atoms with E-state index in [1.807, 2.05) is 30.6 Å². The van der Waals surface area contributed by atoms with E-state index in [0.29, 0.717) is 32.7 Å². The molecule has 0 saturated carbocycles. The normalized spacial score (nSPS) is 16.3. The SMILES string of the molecule is CC(C)(C)NC(=O)CN1CCN(CC(=O)Nc2cc(F)cc(F)c2)CC1. The van der Waals surface area contributed by atoms with Gasteiger partial charge in [0.2, 0.25) is 11.8 Å². The number of nitrogens with one attached hydrogen (secondary N) is 2. The fraction of sp³-hybridized carbons (Fsp3) is 0.556. The van der Waals surface area contributed by atoms with Crippen LogP contribution in [0.25, 0.3) is 0 Å². The maximum atomic E-state index is 13.1.